The lowest BCUT2D eigenvalue weighted by molar-refractivity contribution is 0.0679. The molecule has 0 atom stereocenters. The van der Waals surface area contributed by atoms with Gasteiger partial charge in [-0.1, -0.05) is 30.3 Å². The number of aliphatic hydroxyl groups is 2. The molecule has 26 heavy (non-hydrogen) atoms. The number of benzene rings is 1. The summed E-state index contributed by atoms with van der Waals surface area (Å²) < 4.78 is 5.33. The molecule has 0 fully saturated rings. The third kappa shape index (κ3) is 5.28. The number of hydrogen-bond donors (Lipinski definition) is 2. The average Bonchev–Trinajstić information content (AvgIpc) is 2.62. The van der Waals surface area contributed by atoms with Gasteiger partial charge in [-0.15, -0.1) is 0 Å². The molecule has 1 amide bonds. The van der Waals surface area contributed by atoms with E-state index in [-0.39, 0.29) is 31.9 Å². The molecule has 0 aliphatic carbocycles. The summed E-state index contributed by atoms with van der Waals surface area (Å²) in [5.74, 6) is 0.0195. The Bertz CT molecular complexity index is 764. The molecular formula is C20H25NO5. The third-order valence-electron chi connectivity index (χ3n) is 4.17. The van der Waals surface area contributed by atoms with Crippen LogP contribution in [0, 0.1) is 6.92 Å². The van der Waals surface area contributed by atoms with Crippen molar-refractivity contribution in [3.8, 4) is 0 Å². The van der Waals surface area contributed by atoms with Crippen LogP contribution in [0.15, 0.2) is 45.6 Å². The molecule has 6 heteroatoms. The van der Waals surface area contributed by atoms with Gasteiger partial charge in [-0.25, -0.2) is 4.79 Å². The van der Waals surface area contributed by atoms with Gasteiger partial charge >= 0.3 is 5.63 Å². The minimum absolute atomic E-state index is 0.0429. The predicted molar refractivity (Wildman–Crippen MR) is 98.3 cm³/mol. The van der Waals surface area contributed by atoms with Gasteiger partial charge in [0.2, 0.25) is 0 Å². The summed E-state index contributed by atoms with van der Waals surface area (Å²) in [6.07, 6.45) is 2.32. The van der Waals surface area contributed by atoms with Crippen LogP contribution in [0.25, 0.3) is 0 Å². The van der Waals surface area contributed by atoms with E-state index in [1.54, 1.807) is 13.0 Å². The Morgan fingerprint density at radius 3 is 2.31 bits per heavy atom. The fourth-order valence-corrected chi connectivity index (χ4v) is 2.88. The number of hydrogen-bond acceptors (Lipinski definition) is 5. The van der Waals surface area contributed by atoms with Gasteiger partial charge in [0.1, 0.15) is 11.3 Å². The van der Waals surface area contributed by atoms with Crippen molar-refractivity contribution in [2.45, 2.75) is 26.2 Å². The molecule has 0 aliphatic rings. The minimum Gasteiger partial charge on any atom is -0.427 e. The van der Waals surface area contributed by atoms with Crippen LogP contribution in [-0.4, -0.2) is 47.3 Å². The lowest BCUT2D eigenvalue weighted by atomic mass is 10.1. The monoisotopic (exact) mass is 359 g/mol. The fraction of sp³-hybridized carbons (Fsp3) is 0.400. The van der Waals surface area contributed by atoms with Crippen molar-refractivity contribution in [2.24, 2.45) is 0 Å². The zero-order chi connectivity index (χ0) is 18.9. The molecule has 1 aromatic heterocycles. The Hall–Kier alpha value is -2.44. The van der Waals surface area contributed by atoms with Gasteiger partial charge in [-0.2, -0.15) is 0 Å². The fourth-order valence-electron chi connectivity index (χ4n) is 2.88. The topological polar surface area (TPSA) is 91.0 Å². The zero-order valence-corrected chi connectivity index (χ0v) is 15.0. The van der Waals surface area contributed by atoms with E-state index in [2.05, 4.69) is 12.1 Å². The van der Waals surface area contributed by atoms with E-state index in [1.807, 2.05) is 18.2 Å². The lowest BCUT2D eigenvalue weighted by Crippen LogP contribution is -2.38. The van der Waals surface area contributed by atoms with Crippen molar-refractivity contribution in [3.63, 3.8) is 0 Å². The highest BCUT2D eigenvalue weighted by atomic mass is 16.4. The Balaban J connectivity index is 2.09. The predicted octanol–water partition coefficient (Wildman–Crippen LogP) is 1.55. The second-order valence-corrected chi connectivity index (χ2v) is 6.14. The number of amides is 1. The van der Waals surface area contributed by atoms with Gasteiger partial charge in [0.25, 0.3) is 5.91 Å². The van der Waals surface area contributed by atoms with Crippen molar-refractivity contribution in [3.05, 3.63) is 69.3 Å². The highest BCUT2D eigenvalue weighted by Gasteiger charge is 2.22. The van der Waals surface area contributed by atoms with E-state index in [0.717, 1.165) is 12.8 Å². The van der Waals surface area contributed by atoms with Gasteiger partial charge in [-0.05, 0) is 37.0 Å². The molecule has 6 nitrogen and oxygen atoms in total. The molecule has 0 bridgehead atoms. The molecule has 0 radical (unpaired) electrons. The molecule has 2 N–H and O–H groups in total. The highest BCUT2D eigenvalue weighted by molar-refractivity contribution is 5.95. The number of carbonyl (C=O) groups is 1. The van der Waals surface area contributed by atoms with E-state index >= 15 is 0 Å². The van der Waals surface area contributed by atoms with Crippen LogP contribution in [0.1, 0.15) is 33.7 Å². The normalized spacial score (nSPS) is 10.7. The van der Waals surface area contributed by atoms with Crippen LogP contribution in [0.5, 0.6) is 0 Å². The molecule has 0 aliphatic heterocycles. The molecule has 1 heterocycles. The Morgan fingerprint density at radius 1 is 1.08 bits per heavy atom. The smallest absolute Gasteiger partial charge is 0.349 e. The summed E-state index contributed by atoms with van der Waals surface area (Å²) >= 11 is 0. The molecule has 2 aromatic rings. The zero-order valence-electron chi connectivity index (χ0n) is 15.0. The molecule has 0 saturated carbocycles. The Labute approximate surface area is 152 Å². The van der Waals surface area contributed by atoms with Crippen LogP contribution < -0.4 is 5.63 Å². The maximum absolute atomic E-state index is 12.5. The first-order valence-electron chi connectivity index (χ1n) is 8.75. The summed E-state index contributed by atoms with van der Waals surface area (Å²) in [5.41, 5.74) is 1.05. The molecule has 1 aromatic carbocycles. The van der Waals surface area contributed by atoms with Crippen LogP contribution in [-0.2, 0) is 12.8 Å². The first-order valence-corrected chi connectivity index (χ1v) is 8.75. The van der Waals surface area contributed by atoms with Crippen molar-refractivity contribution >= 4 is 5.91 Å². The first kappa shape index (κ1) is 19.9. The van der Waals surface area contributed by atoms with Gasteiger partial charge in [0.15, 0.2) is 0 Å². The van der Waals surface area contributed by atoms with E-state index < -0.39 is 11.5 Å². The van der Waals surface area contributed by atoms with Crippen LogP contribution in [0.4, 0.5) is 0 Å². The number of rotatable bonds is 9. The van der Waals surface area contributed by atoms with Gasteiger partial charge in [0.05, 0.1) is 13.2 Å². The van der Waals surface area contributed by atoms with Crippen LogP contribution in [0.2, 0.25) is 0 Å². The molecule has 0 unspecified atom stereocenters. The Morgan fingerprint density at radius 2 is 1.73 bits per heavy atom. The molecule has 0 spiro atoms. The van der Waals surface area contributed by atoms with Crippen LogP contribution in [0.3, 0.4) is 0 Å². The van der Waals surface area contributed by atoms with Gasteiger partial charge < -0.3 is 19.5 Å². The van der Waals surface area contributed by atoms with Gasteiger partial charge in [-0.3, -0.25) is 4.79 Å². The van der Waals surface area contributed by atoms with E-state index in [0.29, 0.717) is 17.7 Å². The van der Waals surface area contributed by atoms with Crippen molar-refractivity contribution in [1.29, 1.82) is 0 Å². The standard InChI is InChI=1S/C20H25NO5/c1-15-14-17(9-5-8-16-6-3-2-4-7-16)26-20(25)18(15)19(24)21(10-12-22)11-13-23/h2-4,6-7,14,22-23H,5,8-13H2,1H3. The molecular weight excluding hydrogens is 334 g/mol. The summed E-state index contributed by atoms with van der Waals surface area (Å²) in [6.45, 7) is 1.32. The quantitative estimate of drug-likeness (QED) is 0.709. The maximum atomic E-state index is 12.5. The maximum Gasteiger partial charge on any atom is 0.349 e. The average molecular weight is 359 g/mol. The number of carbonyl (C=O) groups excluding carboxylic acids is 1. The summed E-state index contributed by atoms with van der Waals surface area (Å²) in [4.78, 5) is 26.1. The minimum atomic E-state index is -0.675. The largest absolute Gasteiger partial charge is 0.427 e. The second-order valence-electron chi connectivity index (χ2n) is 6.14. The molecule has 140 valence electrons. The van der Waals surface area contributed by atoms with E-state index in [4.69, 9.17) is 14.6 Å². The summed E-state index contributed by atoms with van der Waals surface area (Å²) in [5, 5.41) is 18.1. The lowest BCUT2D eigenvalue weighted by Gasteiger charge is -2.20. The summed E-state index contributed by atoms with van der Waals surface area (Å²) in [7, 11) is 0. The number of aliphatic hydroxyl groups excluding tert-OH is 2. The van der Waals surface area contributed by atoms with Crippen LogP contribution >= 0.6 is 0 Å². The third-order valence-corrected chi connectivity index (χ3v) is 4.17. The molecule has 2 rings (SSSR count). The highest BCUT2D eigenvalue weighted by Crippen LogP contribution is 2.13. The summed E-state index contributed by atoms with van der Waals surface area (Å²) in [6, 6.07) is 11.8. The second kappa shape index (κ2) is 9.89. The number of aryl methyl sites for hydroxylation is 3. The number of nitrogens with zero attached hydrogens (tertiary/aromatic N) is 1. The SMILES string of the molecule is Cc1cc(CCCc2ccccc2)oc(=O)c1C(=O)N(CCO)CCO. The van der Waals surface area contributed by atoms with Gasteiger partial charge in [0, 0.05) is 19.5 Å². The van der Waals surface area contributed by atoms with E-state index in [9.17, 15) is 9.59 Å². The molecule has 0 saturated heterocycles. The first-order chi connectivity index (χ1) is 12.6. The van der Waals surface area contributed by atoms with Crippen molar-refractivity contribution in [2.75, 3.05) is 26.3 Å². The Kier molecular flexibility index (Phi) is 7.56. The van der Waals surface area contributed by atoms with Crippen molar-refractivity contribution < 1.29 is 19.4 Å². The van der Waals surface area contributed by atoms with E-state index in [1.165, 1.54) is 10.5 Å². The van der Waals surface area contributed by atoms with Crippen molar-refractivity contribution in [1.82, 2.24) is 4.90 Å².